The average molecular weight is 462 g/mol. The molecule has 0 saturated carbocycles. The van der Waals surface area contributed by atoms with E-state index in [0.29, 0.717) is 36.7 Å². The molecule has 2 aromatic rings. The molecule has 3 aliphatic heterocycles. The van der Waals surface area contributed by atoms with Gasteiger partial charge in [0.05, 0.1) is 11.7 Å². The number of amides is 3. The van der Waals surface area contributed by atoms with E-state index in [-0.39, 0.29) is 12.0 Å². The molecule has 10 nitrogen and oxygen atoms in total. The zero-order valence-corrected chi connectivity index (χ0v) is 17.5. The number of carbonyl (C=O) groups is 2. The Hall–Kier alpha value is -3.77. The van der Waals surface area contributed by atoms with Crippen molar-refractivity contribution in [3.8, 4) is 0 Å². The monoisotopic (exact) mass is 462 g/mol. The molecule has 174 valence electrons. The maximum atomic E-state index is 13.2. The summed E-state index contributed by atoms with van der Waals surface area (Å²) in [6.07, 6.45) is 2.60. The third-order valence-corrected chi connectivity index (χ3v) is 5.96. The number of aromatic amines is 1. The second kappa shape index (κ2) is 7.67. The van der Waals surface area contributed by atoms with Gasteiger partial charge in [0.15, 0.2) is 0 Å². The van der Waals surface area contributed by atoms with Crippen LogP contribution in [0.3, 0.4) is 0 Å². The number of alkyl halides is 3. The highest BCUT2D eigenvalue weighted by atomic mass is 19.4. The summed E-state index contributed by atoms with van der Waals surface area (Å²) < 4.78 is 38.6. The van der Waals surface area contributed by atoms with E-state index in [9.17, 15) is 22.8 Å². The fourth-order valence-corrected chi connectivity index (χ4v) is 4.20. The van der Waals surface area contributed by atoms with Crippen molar-refractivity contribution >= 4 is 28.9 Å². The van der Waals surface area contributed by atoms with Crippen LogP contribution in [-0.2, 0) is 4.79 Å². The molecule has 2 aromatic heterocycles. The van der Waals surface area contributed by atoms with Crippen molar-refractivity contribution in [1.82, 2.24) is 35.4 Å². The van der Waals surface area contributed by atoms with Gasteiger partial charge in [-0.15, -0.1) is 0 Å². The molecule has 13 heteroatoms. The Morgan fingerprint density at radius 2 is 2.15 bits per heavy atom. The minimum atomic E-state index is -4.56. The number of fused-ring (bicyclic) bond motifs is 4. The van der Waals surface area contributed by atoms with E-state index in [1.54, 1.807) is 24.5 Å². The van der Waals surface area contributed by atoms with Gasteiger partial charge < -0.3 is 20.5 Å². The maximum absolute atomic E-state index is 13.2. The number of rotatable bonds is 3. The van der Waals surface area contributed by atoms with Gasteiger partial charge in [0.1, 0.15) is 23.6 Å². The van der Waals surface area contributed by atoms with Crippen molar-refractivity contribution in [3.63, 3.8) is 0 Å². The number of nitrogens with zero attached hydrogens (tertiary/aromatic N) is 4. The molecule has 3 aliphatic rings. The Morgan fingerprint density at radius 1 is 1.33 bits per heavy atom. The van der Waals surface area contributed by atoms with Crippen molar-refractivity contribution in [1.29, 1.82) is 0 Å². The third kappa shape index (κ3) is 3.83. The molecule has 4 N–H and O–H groups in total. The lowest BCUT2D eigenvalue weighted by Crippen LogP contribution is -2.57. The van der Waals surface area contributed by atoms with Crippen LogP contribution in [0, 0.1) is 0 Å². The number of H-pyrrole nitrogens is 1. The maximum Gasteiger partial charge on any atom is 0.408 e. The molecule has 0 spiro atoms. The van der Waals surface area contributed by atoms with Crippen LogP contribution in [0.1, 0.15) is 13.3 Å². The molecule has 33 heavy (non-hydrogen) atoms. The van der Waals surface area contributed by atoms with Gasteiger partial charge in [-0.25, -0.2) is 9.78 Å². The number of anilines is 1. The summed E-state index contributed by atoms with van der Waals surface area (Å²) >= 11 is 0. The first kappa shape index (κ1) is 21.1. The topological polar surface area (TPSA) is 118 Å². The van der Waals surface area contributed by atoms with Gasteiger partial charge >= 0.3 is 12.2 Å². The fraction of sp³-hybridized carbons (Fsp3) is 0.400. The summed E-state index contributed by atoms with van der Waals surface area (Å²) in [6, 6.07) is -1.92. The predicted molar refractivity (Wildman–Crippen MR) is 111 cm³/mol. The van der Waals surface area contributed by atoms with Gasteiger partial charge in [0, 0.05) is 30.9 Å². The number of hydrogen-bond acceptors (Lipinski definition) is 6. The standard InChI is InChI=1S/C20H21F3N8O2/c1-10(20(21,22)23)26-17(32)13-2-3-14-16(27-13)31(12-5-7-30(14)9-12)19(33)29-18-25-8-11-4-6-24-15(11)28-18/h2-4,6,8,10,12-13,27H,5,7,9H2,1H3,(H,26,32)(H2,24,25,28,29,33)/t10-,12+,13?/m1/s1. The van der Waals surface area contributed by atoms with E-state index in [1.807, 2.05) is 5.32 Å². The molecule has 1 unspecified atom stereocenters. The highest BCUT2D eigenvalue weighted by Gasteiger charge is 2.43. The normalized spacial score (nSPS) is 22.8. The number of hydrogen-bond donors (Lipinski definition) is 4. The molecule has 2 bridgehead atoms. The van der Waals surface area contributed by atoms with Crippen LogP contribution in [-0.4, -0.2) is 74.1 Å². The zero-order chi connectivity index (χ0) is 23.3. The van der Waals surface area contributed by atoms with Crippen LogP contribution in [0.25, 0.3) is 11.0 Å². The lowest BCUT2D eigenvalue weighted by molar-refractivity contribution is -0.158. The van der Waals surface area contributed by atoms with Crippen LogP contribution in [0.2, 0.25) is 0 Å². The molecule has 1 saturated heterocycles. The lowest BCUT2D eigenvalue weighted by Gasteiger charge is -2.40. The molecular weight excluding hydrogens is 441 g/mol. The Bertz CT molecular complexity index is 1170. The summed E-state index contributed by atoms with van der Waals surface area (Å²) in [4.78, 5) is 40.7. The molecule has 0 aliphatic carbocycles. The zero-order valence-electron chi connectivity index (χ0n) is 17.5. The Balaban J connectivity index is 1.36. The smallest absolute Gasteiger partial charge is 0.366 e. The van der Waals surface area contributed by atoms with E-state index < -0.39 is 30.2 Å². The minimum Gasteiger partial charge on any atom is -0.366 e. The highest BCUT2D eigenvalue weighted by Crippen LogP contribution is 2.33. The predicted octanol–water partition coefficient (Wildman–Crippen LogP) is 1.64. The van der Waals surface area contributed by atoms with Crippen molar-refractivity contribution in [2.24, 2.45) is 0 Å². The van der Waals surface area contributed by atoms with Gasteiger partial charge in [-0.05, 0) is 25.5 Å². The number of dihydropyridines is 1. The Kier molecular flexibility index (Phi) is 4.91. The van der Waals surface area contributed by atoms with Gasteiger partial charge in [-0.2, -0.15) is 18.2 Å². The van der Waals surface area contributed by atoms with Gasteiger partial charge in [0.2, 0.25) is 11.9 Å². The second-order valence-corrected chi connectivity index (χ2v) is 8.15. The Morgan fingerprint density at radius 3 is 2.94 bits per heavy atom. The van der Waals surface area contributed by atoms with Crippen molar-refractivity contribution in [3.05, 3.63) is 42.1 Å². The molecule has 0 aromatic carbocycles. The molecule has 1 fully saturated rings. The van der Waals surface area contributed by atoms with Gasteiger partial charge in [-0.1, -0.05) is 6.08 Å². The first-order chi connectivity index (χ1) is 15.7. The summed E-state index contributed by atoms with van der Waals surface area (Å²) in [7, 11) is 0. The van der Waals surface area contributed by atoms with Crippen molar-refractivity contribution in [2.45, 2.75) is 37.6 Å². The van der Waals surface area contributed by atoms with E-state index in [1.165, 1.54) is 11.0 Å². The lowest BCUT2D eigenvalue weighted by atomic mass is 10.1. The summed E-state index contributed by atoms with van der Waals surface area (Å²) in [5, 5.41) is 8.39. The summed E-state index contributed by atoms with van der Waals surface area (Å²) in [5.74, 6) is -0.363. The largest absolute Gasteiger partial charge is 0.408 e. The van der Waals surface area contributed by atoms with Crippen LogP contribution < -0.4 is 16.0 Å². The Labute approximate surface area is 185 Å². The molecule has 5 rings (SSSR count). The minimum absolute atomic E-state index is 0.108. The second-order valence-electron chi connectivity index (χ2n) is 8.15. The van der Waals surface area contributed by atoms with Crippen LogP contribution in [0.5, 0.6) is 0 Å². The molecule has 3 atom stereocenters. The number of carbonyl (C=O) groups excluding carboxylic acids is 2. The van der Waals surface area contributed by atoms with Crippen molar-refractivity contribution in [2.75, 3.05) is 18.4 Å². The van der Waals surface area contributed by atoms with Gasteiger partial charge in [-0.3, -0.25) is 15.0 Å². The van der Waals surface area contributed by atoms with E-state index in [2.05, 4.69) is 30.5 Å². The van der Waals surface area contributed by atoms with E-state index in [0.717, 1.165) is 12.3 Å². The molecular formula is C20H21F3N8O2. The van der Waals surface area contributed by atoms with E-state index in [4.69, 9.17) is 0 Å². The molecule has 0 radical (unpaired) electrons. The average Bonchev–Trinajstić information content (AvgIpc) is 3.40. The van der Waals surface area contributed by atoms with Gasteiger partial charge in [0.25, 0.3) is 0 Å². The van der Waals surface area contributed by atoms with Crippen LogP contribution >= 0.6 is 0 Å². The molecule has 3 amide bonds. The van der Waals surface area contributed by atoms with E-state index >= 15 is 0 Å². The number of allylic oxidation sites excluding steroid dienone is 1. The number of halogens is 3. The third-order valence-electron chi connectivity index (χ3n) is 5.96. The quantitative estimate of drug-likeness (QED) is 0.551. The summed E-state index contributed by atoms with van der Waals surface area (Å²) in [6.45, 7) is 2.20. The number of urea groups is 1. The highest BCUT2D eigenvalue weighted by molar-refractivity contribution is 5.91. The molecule has 5 heterocycles. The number of aromatic nitrogens is 3. The fourth-order valence-electron chi connectivity index (χ4n) is 4.20. The first-order valence-electron chi connectivity index (χ1n) is 10.4. The van der Waals surface area contributed by atoms with Crippen molar-refractivity contribution < 1.29 is 22.8 Å². The number of nitrogens with one attached hydrogen (secondary N) is 4. The van der Waals surface area contributed by atoms with Crippen LogP contribution in [0.15, 0.2) is 42.1 Å². The van der Waals surface area contributed by atoms with Crippen LogP contribution in [0.4, 0.5) is 23.9 Å². The SMILES string of the molecule is C[C@@H](NC(=O)C1C=CC2=C(N1)N(C(=O)Nc1ncc3cc[nH]c3n1)[C@H]1CCN2C1)C(F)(F)F. The summed E-state index contributed by atoms with van der Waals surface area (Å²) in [5.41, 5.74) is 1.27. The first-order valence-corrected chi connectivity index (χ1v) is 10.4.